The number of benzene rings is 1. The predicted octanol–water partition coefficient (Wildman–Crippen LogP) is 0.596. The maximum Gasteiger partial charge on any atom is 0.328 e. The van der Waals surface area contributed by atoms with Crippen LogP contribution in [0.25, 0.3) is 0 Å². The summed E-state index contributed by atoms with van der Waals surface area (Å²) in [4.78, 5) is 26.1. The van der Waals surface area contributed by atoms with Gasteiger partial charge >= 0.3 is 5.97 Å². The summed E-state index contributed by atoms with van der Waals surface area (Å²) < 4.78 is 15.9. The van der Waals surface area contributed by atoms with Crippen LogP contribution >= 0.6 is 0 Å². The zero-order valence-corrected chi connectivity index (χ0v) is 12.9. The fourth-order valence-corrected chi connectivity index (χ4v) is 2.84. The Labute approximate surface area is 133 Å². The SMILES string of the molecule is CCOC(=O)C1C[C@@H](O)CN1C(=O)c1ccc2c(c1)OCCO2. The van der Waals surface area contributed by atoms with Gasteiger partial charge in [0.05, 0.1) is 12.7 Å². The molecule has 124 valence electrons. The van der Waals surface area contributed by atoms with Crippen LogP contribution in [-0.4, -0.2) is 60.4 Å². The summed E-state index contributed by atoms with van der Waals surface area (Å²) in [6.07, 6.45) is -0.541. The molecule has 0 bridgehead atoms. The number of nitrogens with zero attached hydrogens (tertiary/aromatic N) is 1. The molecular weight excluding hydrogens is 302 g/mol. The number of aliphatic hydroxyl groups is 1. The fraction of sp³-hybridized carbons (Fsp3) is 0.500. The van der Waals surface area contributed by atoms with E-state index in [0.717, 1.165) is 0 Å². The molecule has 2 atom stereocenters. The predicted molar refractivity (Wildman–Crippen MR) is 79.5 cm³/mol. The smallest absolute Gasteiger partial charge is 0.328 e. The largest absolute Gasteiger partial charge is 0.486 e. The van der Waals surface area contributed by atoms with E-state index in [-0.39, 0.29) is 25.5 Å². The summed E-state index contributed by atoms with van der Waals surface area (Å²) in [6, 6.07) is 4.14. The summed E-state index contributed by atoms with van der Waals surface area (Å²) in [7, 11) is 0. The van der Waals surface area contributed by atoms with Gasteiger partial charge in [0.1, 0.15) is 19.3 Å². The lowest BCUT2D eigenvalue weighted by molar-refractivity contribution is -0.147. The van der Waals surface area contributed by atoms with E-state index in [9.17, 15) is 14.7 Å². The third kappa shape index (κ3) is 3.10. The molecule has 1 aromatic carbocycles. The molecule has 0 spiro atoms. The van der Waals surface area contributed by atoms with Gasteiger partial charge in [-0.25, -0.2) is 4.79 Å². The van der Waals surface area contributed by atoms with Gasteiger partial charge in [-0.2, -0.15) is 0 Å². The quantitative estimate of drug-likeness (QED) is 0.821. The van der Waals surface area contributed by atoms with Crippen molar-refractivity contribution in [1.82, 2.24) is 4.90 Å². The van der Waals surface area contributed by atoms with Crippen molar-refractivity contribution in [3.05, 3.63) is 23.8 Å². The number of likely N-dealkylation sites (tertiary alicyclic amines) is 1. The molecule has 0 radical (unpaired) electrons. The van der Waals surface area contributed by atoms with Crippen molar-refractivity contribution in [2.24, 2.45) is 0 Å². The molecule has 2 heterocycles. The van der Waals surface area contributed by atoms with Crippen LogP contribution in [0, 0.1) is 0 Å². The Bertz CT molecular complexity index is 617. The Morgan fingerprint density at radius 1 is 1.30 bits per heavy atom. The van der Waals surface area contributed by atoms with Gasteiger partial charge in [0.25, 0.3) is 5.91 Å². The van der Waals surface area contributed by atoms with Gasteiger partial charge in [-0.1, -0.05) is 0 Å². The van der Waals surface area contributed by atoms with Crippen LogP contribution in [0.3, 0.4) is 0 Å². The molecule has 1 aromatic rings. The topological polar surface area (TPSA) is 85.3 Å². The molecule has 0 saturated carbocycles. The summed E-state index contributed by atoms with van der Waals surface area (Å²) in [6.45, 7) is 2.95. The first kappa shape index (κ1) is 15.6. The molecule has 1 fully saturated rings. The maximum atomic E-state index is 12.7. The number of esters is 1. The highest BCUT2D eigenvalue weighted by atomic mass is 16.6. The molecule has 2 aliphatic heterocycles. The van der Waals surface area contributed by atoms with E-state index in [1.807, 2.05) is 0 Å². The van der Waals surface area contributed by atoms with Crippen molar-refractivity contribution in [2.75, 3.05) is 26.4 Å². The summed E-state index contributed by atoms with van der Waals surface area (Å²) in [5.74, 6) is 0.275. The van der Waals surface area contributed by atoms with Gasteiger partial charge in [0, 0.05) is 18.5 Å². The first-order valence-corrected chi connectivity index (χ1v) is 7.65. The number of β-amino-alcohol motifs (C(OH)–C–C–N with tert-alkyl or cyclic N) is 1. The molecule has 0 aromatic heterocycles. The molecule has 0 aliphatic carbocycles. The van der Waals surface area contributed by atoms with Gasteiger partial charge in [0.15, 0.2) is 11.5 Å². The average molecular weight is 321 g/mol. The number of carbonyl (C=O) groups is 2. The highest BCUT2D eigenvalue weighted by Gasteiger charge is 2.40. The second-order valence-electron chi connectivity index (χ2n) is 5.47. The van der Waals surface area contributed by atoms with Crippen LogP contribution in [0.1, 0.15) is 23.7 Å². The van der Waals surface area contributed by atoms with Crippen LogP contribution in [-0.2, 0) is 9.53 Å². The van der Waals surface area contributed by atoms with E-state index < -0.39 is 18.1 Å². The lowest BCUT2D eigenvalue weighted by Gasteiger charge is -2.24. The van der Waals surface area contributed by atoms with Crippen LogP contribution in [0.4, 0.5) is 0 Å². The molecular formula is C16H19NO6. The number of amides is 1. The molecule has 7 heteroatoms. The molecule has 1 unspecified atom stereocenters. The minimum atomic E-state index is -0.759. The van der Waals surface area contributed by atoms with Crippen molar-refractivity contribution >= 4 is 11.9 Å². The van der Waals surface area contributed by atoms with Gasteiger partial charge in [0.2, 0.25) is 0 Å². The Hall–Kier alpha value is -2.28. The molecule has 3 rings (SSSR count). The first-order chi connectivity index (χ1) is 11.1. The molecule has 23 heavy (non-hydrogen) atoms. The number of rotatable bonds is 3. The third-order valence-electron chi connectivity index (χ3n) is 3.89. The maximum absolute atomic E-state index is 12.7. The van der Waals surface area contributed by atoms with Crippen molar-refractivity contribution < 1.29 is 28.9 Å². The molecule has 1 saturated heterocycles. The second kappa shape index (κ2) is 6.45. The van der Waals surface area contributed by atoms with Gasteiger partial charge < -0.3 is 24.2 Å². The van der Waals surface area contributed by atoms with Crippen LogP contribution in [0.5, 0.6) is 11.5 Å². The zero-order chi connectivity index (χ0) is 16.4. The minimum Gasteiger partial charge on any atom is -0.486 e. The minimum absolute atomic E-state index is 0.108. The zero-order valence-electron chi connectivity index (χ0n) is 12.9. The number of hydrogen-bond donors (Lipinski definition) is 1. The molecule has 2 aliphatic rings. The number of hydrogen-bond acceptors (Lipinski definition) is 6. The normalized spacial score (nSPS) is 22.8. The van der Waals surface area contributed by atoms with Crippen molar-refractivity contribution in [1.29, 1.82) is 0 Å². The summed E-state index contributed by atoms with van der Waals surface area (Å²) >= 11 is 0. The third-order valence-corrected chi connectivity index (χ3v) is 3.89. The molecule has 1 amide bonds. The number of carbonyl (C=O) groups excluding carboxylic acids is 2. The number of fused-ring (bicyclic) bond motifs is 1. The van der Waals surface area contributed by atoms with E-state index in [4.69, 9.17) is 14.2 Å². The second-order valence-corrected chi connectivity index (χ2v) is 5.47. The summed E-state index contributed by atoms with van der Waals surface area (Å²) in [5.41, 5.74) is 0.387. The fourth-order valence-electron chi connectivity index (χ4n) is 2.84. The van der Waals surface area contributed by atoms with Crippen LogP contribution in [0.2, 0.25) is 0 Å². The monoisotopic (exact) mass is 321 g/mol. The lowest BCUT2D eigenvalue weighted by Crippen LogP contribution is -2.41. The molecule has 1 N–H and O–H groups in total. The standard InChI is InChI=1S/C16H19NO6/c1-2-21-16(20)12-8-11(18)9-17(12)15(19)10-3-4-13-14(7-10)23-6-5-22-13/h3-4,7,11-12,18H,2,5-6,8-9H2,1H3/t11-,12?/m1/s1. The van der Waals surface area contributed by atoms with Crippen LogP contribution < -0.4 is 9.47 Å². The first-order valence-electron chi connectivity index (χ1n) is 7.65. The van der Waals surface area contributed by atoms with E-state index in [1.165, 1.54) is 4.90 Å². The average Bonchev–Trinajstić information content (AvgIpc) is 2.96. The van der Waals surface area contributed by atoms with Gasteiger partial charge in [-0.05, 0) is 25.1 Å². The number of aliphatic hydroxyl groups excluding tert-OH is 1. The van der Waals surface area contributed by atoms with E-state index in [1.54, 1.807) is 25.1 Å². The summed E-state index contributed by atoms with van der Waals surface area (Å²) in [5, 5.41) is 9.83. The van der Waals surface area contributed by atoms with E-state index in [0.29, 0.717) is 30.3 Å². The van der Waals surface area contributed by atoms with Gasteiger partial charge in [-0.15, -0.1) is 0 Å². The highest BCUT2D eigenvalue weighted by molar-refractivity contribution is 5.97. The Balaban J connectivity index is 1.82. The van der Waals surface area contributed by atoms with Gasteiger partial charge in [-0.3, -0.25) is 4.79 Å². The Morgan fingerprint density at radius 2 is 2.04 bits per heavy atom. The van der Waals surface area contributed by atoms with Crippen LogP contribution in [0.15, 0.2) is 18.2 Å². The van der Waals surface area contributed by atoms with Crippen molar-refractivity contribution in [3.63, 3.8) is 0 Å². The van der Waals surface area contributed by atoms with E-state index in [2.05, 4.69) is 0 Å². The highest BCUT2D eigenvalue weighted by Crippen LogP contribution is 2.32. The number of ether oxygens (including phenoxy) is 3. The Morgan fingerprint density at radius 3 is 2.78 bits per heavy atom. The molecule has 7 nitrogen and oxygen atoms in total. The van der Waals surface area contributed by atoms with Crippen molar-refractivity contribution in [3.8, 4) is 11.5 Å². The Kier molecular flexibility index (Phi) is 4.38. The lowest BCUT2D eigenvalue weighted by atomic mass is 10.1. The van der Waals surface area contributed by atoms with E-state index >= 15 is 0 Å². The van der Waals surface area contributed by atoms with Crippen molar-refractivity contribution in [2.45, 2.75) is 25.5 Å².